The Morgan fingerprint density at radius 3 is 1.13 bits per heavy atom. The van der Waals surface area contributed by atoms with E-state index in [1.165, 1.54) is 0 Å². The average molecular weight is 881 g/mol. The lowest BCUT2D eigenvalue weighted by molar-refractivity contribution is 0.942. The monoisotopic (exact) mass is 880 g/mol. The number of hydrogen-bond acceptors (Lipinski definition) is 8. The highest BCUT2D eigenvalue weighted by Crippen LogP contribution is 2.60. The van der Waals surface area contributed by atoms with Crippen LogP contribution in [0.3, 0.4) is 0 Å². The van der Waals surface area contributed by atoms with Crippen LogP contribution in [0, 0.1) is 0 Å². The molecule has 7 aromatic carbocycles. The Hall–Kier alpha value is -9.02. The first-order chi connectivity index (χ1) is 33.4. The third kappa shape index (κ3) is 5.97. The van der Waals surface area contributed by atoms with Gasteiger partial charge in [-0.25, -0.2) is 19.9 Å². The van der Waals surface area contributed by atoms with E-state index in [0.29, 0.717) is 0 Å². The minimum Gasteiger partial charge on any atom is -0.341 e. The molecular weight excluding hydrogens is 837 g/mol. The number of nitrogens with zero attached hydrogens (tertiary/aromatic N) is 10. The molecule has 0 fully saturated rings. The molecule has 0 radical (unpaired) electrons. The van der Waals surface area contributed by atoms with E-state index < -0.39 is 0 Å². The van der Waals surface area contributed by atoms with Crippen molar-refractivity contribution in [3.63, 3.8) is 0 Å². The number of pyridine rings is 2. The van der Waals surface area contributed by atoms with Crippen LogP contribution in [0.15, 0.2) is 194 Å². The van der Waals surface area contributed by atoms with E-state index >= 15 is 0 Å². The van der Waals surface area contributed by atoms with Gasteiger partial charge >= 0.3 is 0 Å². The van der Waals surface area contributed by atoms with Gasteiger partial charge in [-0.3, -0.25) is 0 Å². The number of benzene rings is 7. The number of aromatic nitrogens is 6. The van der Waals surface area contributed by atoms with Crippen LogP contribution < -0.4 is 19.6 Å². The third-order valence-electron chi connectivity index (χ3n) is 13.7. The van der Waals surface area contributed by atoms with Crippen LogP contribution in [0.4, 0.5) is 56.9 Å². The predicted octanol–water partition coefficient (Wildman–Crippen LogP) is 14.0. The number of para-hydroxylation sites is 8. The summed E-state index contributed by atoms with van der Waals surface area (Å²) in [6, 6.07) is 65.3. The average Bonchev–Trinajstić information content (AvgIpc) is 3.92. The van der Waals surface area contributed by atoms with Gasteiger partial charge in [0.1, 0.15) is 22.7 Å². The second kappa shape index (κ2) is 15.3. The van der Waals surface area contributed by atoms with Crippen molar-refractivity contribution in [2.24, 2.45) is 14.1 Å². The summed E-state index contributed by atoms with van der Waals surface area (Å²) in [5.41, 5.74) is 20.7. The molecule has 2 aliphatic heterocycles. The van der Waals surface area contributed by atoms with Gasteiger partial charge in [0.2, 0.25) is 0 Å². The number of rotatable bonds is 6. The fourth-order valence-corrected chi connectivity index (χ4v) is 10.4. The first-order valence-electron chi connectivity index (χ1n) is 22.8. The van der Waals surface area contributed by atoms with Crippen LogP contribution in [0.1, 0.15) is 0 Å². The number of hydrogen-bond donors (Lipinski definition) is 0. The molecule has 0 bridgehead atoms. The number of aryl methyl sites for hydroxylation is 2. The predicted molar refractivity (Wildman–Crippen MR) is 278 cm³/mol. The van der Waals surface area contributed by atoms with Crippen LogP contribution in [0.2, 0.25) is 0 Å². The van der Waals surface area contributed by atoms with E-state index in [2.05, 4.69) is 211 Å². The molecule has 10 heteroatoms. The van der Waals surface area contributed by atoms with Gasteiger partial charge in [0.05, 0.1) is 56.9 Å². The number of imidazole rings is 2. The fraction of sp³-hybridized carbons (Fsp3) is 0.0690. The zero-order valence-electron chi connectivity index (χ0n) is 37.9. The molecule has 0 saturated heterocycles. The van der Waals surface area contributed by atoms with Crippen molar-refractivity contribution in [1.29, 1.82) is 0 Å². The van der Waals surface area contributed by atoms with Crippen molar-refractivity contribution in [3.8, 4) is 45.0 Å². The maximum atomic E-state index is 5.03. The molecule has 0 aliphatic carbocycles. The van der Waals surface area contributed by atoms with Gasteiger partial charge in [-0.2, -0.15) is 0 Å². The van der Waals surface area contributed by atoms with E-state index in [0.717, 1.165) is 124 Å². The van der Waals surface area contributed by atoms with Gasteiger partial charge in [-0.1, -0.05) is 97.1 Å². The highest BCUT2D eigenvalue weighted by atomic mass is 15.3. The minimum atomic E-state index is 0.852. The molecule has 68 heavy (non-hydrogen) atoms. The van der Waals surface area contributed by atoms with Gasteiger partial charge in [0.15, 0.2) is 11.3 Å². The summed E-state index contributed by atoms with van der Waals surface area (Å²) in [4.78, 5) is 28.8. The third-order valence-corrected chi connectivity index (χ3v) is 13.7. The largest absolute Gasteiger partial charge is 0.341 e. The van der Waals surface area contributed by atoms with Crippen molar-refractivity contribution in [2.75, 3.05) is 33.7 Å². The summed E-state index contributed by atoms with van der Waals surface area (Å²) in [6.45, 7) is 0. The first kappa shape index (κ1) is 39.4. The van der Waals surface area contributed by atoms with Crippen LogP contribution in [0.5, 0.6) is 0 Å². The Morgan fingerprint density at radius 2 is 0.706 bits per heavy atom. The molecule has 0 atom stereocenters. The zero-order valence-corrected chi connectivity index (χ0v) is 37.9. The Labute approximate surface area is 393 Å². The molecule has 10 nitrogen and oxygen atoms in total. The SMILES string of the molecule is CN1c2ccccc2N(c2cc(-c3ccc(-c4nc5cccnc5n4C)cc3)cc(-c3ccc(-c4nc5cccnc5n4C)cc3)c2N2c3ccccc3N(C)c3ccccc32)c2ccccc21. The van der Waals surface area contributed by atoms with Crippen molar-refractivity contribution in [1.82, 2.24) is 29.1 Å². The van der Waals surface area contributed by atoms with Crippen LogP contribution in [0.25, 0.3) is 67.4 Å². The molecule has 0 spiro atoms. The molecule has 0 N–H and O–H groups in total. The minimum absolute atomic E-state index is 0.852. The lowest BCUT2D eigenvalue weighted by atomic mass is 9.92. The summed E-state index contributed by atoms with van der Waals surface area (Å²) < 4.78 is 4.14. The van der Waals surface area contributed by atoms with Gasteiger partial charge in [-0.05, 0) is 102 Å². The zero-order chi connectivity index (χ0) is 45.6. The Balaban J connectivity index is 1.10. The Bertz CT molecular complexity index is 3680. The summed E-state index contributed by atoms with van der Waals surface area (Å²) in [7, 11) is 8.39. The number of fused-ring (bicyclic) bond motifs is 6. The quantitative estimate of drug-likeness (QED) is 0.163. The van der Waals surface area contributed by atoms with E-state index in [9.17, 15) is 0 Å². The Morgan fingerprint density at radius 1 is 0.324 bits per heavy atom. The molecule has 0 unspecified atom stereocenters. The molecule has 326 valence electrons. The number of anilines is 10. The molecule has 6 heterocycles. The smallest absolute Gasteiger partial charge is 0.159 e. The topological polar surface area (TPSA) is 74.4 Å². The molecular formula is C58H44N10. The van der Waals surface area contributed by atoms with E-state index in [4.69, 9.17) is 9.97 Å². The molecule has 11 aromatic rings. The van der Waals surface area contributed by atoms with Gasteiger partial charge in [-0.15, -0.1) is 0 Å². The maximum Gasteiger partial charge on any atom is 0.159 e. The molecule has 0 saturated carbocycles. The van der Waals surface area contributed by atoms with Gasteiger partial charge < -0.3 is 28.7 Å². The van der Waals surface area contributed by atoms with Crippen molar-refractivity contribution >= 4 is 79.2 Å². The van der Waals surface area contributed by atoms with Crippen LogP contribution in [-0.2, 0) is 14.1 Å². The van der Waals surface area contributed by atoms with Crippen molar-refractivity contribution < 1.29 is 0 Å². The van der Waals surface area contributed by atoms with E-state index in [1.54, 1.807) is 0 Å². The highest BCUT2D eigenvalue weighted by Gasteiger charge is 2.36. The summed E-state index contributed by atoms with van der Waals surface area (Å²) in [5.74, 6) is 1.74. The lowest BCUT2D eigenvalue weighted by Gasteiger charge is -2.43. The summed E-state index contributed by atoms with van der Waals surface area (Å²) in [5, 5.41) is 0. The van der Waals surface area contributed by atoms with Gasteiger partial charge in [0, 0.05) is 57.3 Å². The standard InChI is InChI=1S/C58H44N10/c1-63-45-17-5-9-21-49(45)67(50-22-10-6-18-46(50)63)53-36-41(37-25-29-39(30-26-37)55-61-43-15-13-33-59-57(43)65(55)3)35-42(38-27-31-40(32-28-38)56-62-44-16-14-34-60-58(44)66(56)4)54(53)68-51-23-11-7-19-47(51)64(2)48-20-8-12-24-52(48)68/h5-36H,1-4H3. The lowest BCUT2D eigenvalue weighted by Crippen LogP contribution is -2.28. The maximum absolute atomic E-state index is 5.03. The van der Waals surface area contributed by atoms with Crippen molar-refractivity contribution in [2.45, 2.75) is 0 Å². The van der Waals surface area contributed by atoms with Gasteiger partial charge in [0.25, 0.3) is 0 Å². The van der Waals surface area contributed by atoms with Crippen molar-refractivity contribution in [3.05, 3.63) is 194 Å². The van der Waals surface area contributed by atoms with E-state index in [1.807, 2.05) is 50.8 Å². The normalized spacial score (nSPS) is 12.9. The summed E-state index contributed by atoms with van der Waals surface area (Å²) >= 11 is 0. The van der Waals surface area contributed by atoms with Crippen LogP contribution >= 0.6 is 0 Å². The Kier molecular flexibility index (Phi) is 8.85. The molecule has 2 aliphatic rings. The van der Waals surface area contributed by atoms with E-state index in [-0.39, 0.29) is 0 Å². The molecule has 13 rings (SSSR count). The molecule has 4 aromatic heterocycles. The second-order valence-electron chi connectivity index (χ2n) is 17.5. The van der Waals surface area contributed by atoms with Crippen LogP contribution in [-0.4, -0.2) is 43.2 Å². The molecule has 0 amide bonds. The highest BCUT2D eigenvalue weighted by molar-refractivity contribution is 6.10. The first-order valence-corrected chi connectivity index (χ1v) is 22.8. The summed E-state index contributed by atoms with van der Waals surface area (Å²) in [6.07, 6.45) is 3.64. The fourth-order valence-electron chi connectivity index (χ4n) is 10.4. The second-order valence-corrected chi connectivity index (χ2v) is 17.5.